The van der Waals surface area contributed by atoms with Gasteiger partial charge in [-0.2, -0.15) is 18.2 Å². The monoisotopic (exact) mass is 251 g/mol. The van der Waals surface area contributed by atoms with Gasteiger partial charge in [-0.3, -0.25) is 0 Å². The van der Waals surface area contributed by atoms with Crippen molar-refractivity contribution >= 4 is 0 Å². The Hall–Kier alpha value is -1.11. The number of hydrogen-bond acceptors (Lipinski definition) is 4. The minimum atomic E-state index is -4.56. The van der Waals surface area contributed by atoms with E-state index in [9.17, 15) is 13.2 Å². The first-order valence-corrected chi connectivity index (χ1v) is 5.42. The van der Waals surface area contributed by atoms with E-state index in [0.29, 0.717) is 12.5 Å². The summed E-state index contributed by atoms with van der Waals surface area (Å²) in [7, 11) is 0. The Bertz CT molecular complexity index is 349. The predicted molar refractivity (Wildman–Crippen MR) is 55.0 cm³/mol. The van der Waals surface area contributed by atoms with Crippen LogP contribution in [0, 0.1) is 11.8 Å². The first kappa shape index (κ1) is 14.0. The summed E-state index contributed by atoms with van der Waals surface area (Å²) in [5.41, 5.74) is 5.55. The van der Waals surface area contributed by atoms with Crippen molar-refractivity contribution in [1.29, 1.82) is 0 Å². The van der Waals surface area contributed by atoms with Gasteiger partial charge in [0, 0.05) is 6.42 Å². The molecule has 0 fully saturated rings. The molecule has 0 aliphatic heterocycles. The fourth-order valence-electron chi connectivity index (χ4n) is 1.63. The Morgan fingerprint density at radius 1 is 1.35 bits per heavy atom. The molecule has 1 atom stereocenters. The third kappa shape index (κ3) is 4.33. The standard InChI is InChI=1S/C10H16F3N3O/c1-6(2)3-7(5-14)4-8-15-9(16-17-8)10(11,12)13/h6-7H,3-5,14H2,1-2H3. The lowest BCUT2D eigenvalue weighted by Gasteiger charge is -2.14. The van der Waals surface area contributed by atoms with E-state index in [0.717, 1.165) is 6.42 Å². The Labute approximate surface area is 97.4 Å². The van der Waals surface area contributed by atoms with E-state index in [4.69, 9.17) is 5.73 Å². The number of rotatable bonds is 5. The molecule has 1 aromatic heterocycles. The minimum Gasteiger partial charge on any atom is -0.339 e. The Balaban J connectivity index is 2.65. The van der Waals surface area contributed by atoms with Crippen LogP contribution < -0.4 is 5.73 Å². The quantitative estimate of drug-likeness (QED) is 0.871. The van der Waals surface area contributed by atoms with Crippen LogP contribution >= 0.6 is 0 Å². The molecule has 0 bridgehead atoms. The van der Waals surface area contributed by atoms with Gasteiger partial charge in [0.1, 0.15) is 0 Å². The Morgan fingerprint density at radius 2 is 2.00 bits per heavy atom. The molecular formula is C10H16F3N3O. The van der Waals surface area contributed by atoms with Crippen molar-refractivity contribution in [2.75, 3.05) is 6.54 Å². The van der Waals surface area contributed by atoms with Gasteiger partial charge in [-0.1, -0.05) is 19.0 Å². The Kier molecular flexibility index (Phi) is 4.50. The van der Waals surface area contributed by atoms with Crippen LogP contribution in [0.2, 0.25) is 0 Å². The van der Waals surface area contributed by atoms with E-state index in [2.05, 4.69) is 14.7 Å². The predicted octanol–water partition coefficient (Wildman–Crippen LogP) is 2.25. The van der Waals surface area contributed by atoms with Gasteiger partial charge in [0.25, 0.3) is 5.82 Å². The molecule has 0 radical (unpaired) electrons. The van der Waals surface area contributed by atoms with Crippen LogP contribution in [0.1, 0.15) is 32.0 Å². The molecular weight excluding hydrogens is 235 g/mol. The first-order chi connectivity index (χ1) is 7.82. The van der Waals surface area contributed by atoms with Crippen molar-refractivity contribution in [2.45, 2.75) is 32.9 Å². The molecule has 0 aliphatic rings. The summed E-state index contributed by atoms with van der Waals surface area (Å²) in [5.74, 6) is -0.744. The fourth-order valence-corrected chi connectivity index (χ4v) is 1.63. The molecule has 0 saturated heterocycles. The minimum absolute atomic E-state index is 0.00609. The maximum atomic E-state index is 12.2. The largest absolute Gasteiger partial charge is 0.455 e. The van der Waals surface area contributed by atoms with Gasteiger partial charge in [0.2, 0.25) is 5.89 Å². The van der Waals surface area contributed by atoms with Gasteiger partial charge in [-0.15, -0.1) is 0 Å². The molecule has 0 amide bonds. The molecule has 1 aromatic rings. The summed E-state index contributed by atoms with van der Waals surface area (Å²) in [6.45, 7) is 4.44. The summed E-state index contributed by atoms with van der Waals surface area (Å²) in [6, 6.07) is 0. The van der Waals surface area contributed by atoms with Crippen molar-refractivity contribution < 1.29 is 17.7 Å². The van der Waals surface area contributed by atoms with E-state index in [1.54, 1.807) is 0 Å². The lowest BCUT2D eigenvalue weighted by molar-refractivity contribution is -0.146. The SMILES string of the molecule is CC(C)CC(CN)Cc1nc(C(F)(F)F)no1. The second kappa shape index (κ2) is 5.48. The van der Waals surface area contributed by atoms with E-state index >= 15 is 0 Å². The van der Waals surface area contributed by atoms with Crippen molar-refractivity contribution in [1.82, 2.24) is 10.1 Å². The summed E-state index contributed by atoms with van der Waals surface area (Å²) in [5, 5.41) is 2.90. The van der Waals surface area contributed by atoms with Crippen molar-refractivity contribution in [2.24, 2.45) is 17.6 Å². The molecule has 4 nitrogen and oxygen atoms in total. The van der Waals surface area contributed by atoms with Gasteiger partial charge < -0.3 is 10.3 Å². The average Bonchev–Trinajstić information content (AvgIpc) is 2.63. The maximum absolute atomic E-state index is 12.2. The maximum Gasteiger partial charge on any atom is 0.455 e. The van der Waals surface area contributed by atoms with E-state index < -0.39 is 12.0 Å². The normalized spacial score (nSPS) is 14.3. The highest BCUT2D eigenvalue weighted by atomic mass is 19.4. The lowest BCUT2D eigenvalue weighted by Crippen LogP contribution is -2.19. The smallest absolute Gasteiger partial charge is 0.339 e. The molecule has 1 heterocycles. The highest BCUT2D eigenvalue weighted by Crippen LogP contribution is 2.27. The highest BCUT2D eigenvalue weighted by molar-refractivity contribution is 4.92. The molecule has 0 aromatic carbocycles. The lowest BCUT2D eigenvalue weighted by atomic mass is 9.94. The Morgan fingerprint density at radius 3 is 2.41 bits per heavy atom. The third-order valence-corrected chi connectivity index (χ3v) is 2.32. The molecule has 0 saturated carbocycles. The number of alkyl halides is 3. The number of aromatic nitrogens is 2. The van der Waals surface area contributed by atoms with Crippen molar-refractivity contribution in [3.63, 3.8) is 0 Å². The van der Waals surface area contributed by atoms with Crippen LogP contribution in [0.4, 0.5) is 13.2 Å². The fraction of sp³-hybridized carbons (Fsp3) is 0.800. The van der Waals surface area contributed by atoms with Crippen LogP contribution in [-0.4, -0.2) is 16.7 Å². The molecule has 7 heteroatoms. The van der Waals surface area contributed by atoms with E-state index in [1.807, 2.05) is 13.8 Å². The summed E-state index contributed by atoms with van der Waals surface area (Å²) >= 11 is 0. The average molecular weight is 251 g/mol. The van der Waals surface area contributed by atoms with Crippen molar-refractivity contribution in [3.8, 4) is 0 Å². The second-order valence-electron chi connectivity index (χ2n) is 4.44. The molecule has 1 rings (SSSR count). The third-order valence-electron chi connectivity index (χ3n) is 2.32. The summed E-state index contributed by atoms with van der Waals surface area (Å²) in [6.07, 6.45) is -3.45. The molecule has 2 N–H and O–H groups in total. The van der Waals surface area contributed by atoms with Crippen LogP contribution in [-0.2, 0) is 12.6 Å². The van der Waals surface area contributed by atoms with Gasteiger partial charge >= 0.3 is 6.18 Å². The molecule has 1 unspecified atom stereocenters. The highest BCUT2D eigenvalue weighted by Gasteiger charge is 2.37. The summed E-state index contributed by atoms with van der Waals surface area (Å²) < 4.78 is 41.2. The van der Waals surface area contributed by atoms with Gasteiger partial charge in [-0.25, -0.2) is 0 Å². The van der Waals surface area contributed by atoms with Crippen LogP contribution in [0.25, 0.3) is 0 Å². The zero-order chi connectivity index (χ0) is 13.1. The zero-order valence-electron chi connectivity index (χ0n) is 9.79. The molecule has 0 spiro atoms. The van der Waals surface area contributed by atoms with Crippen LogP contribution in [0.5, 0.6) is 0 Å². The number of nitrogens with zero attached hydrogens (tertiary/aromatic N) is 2. The van der Waals surface area contributed by atoms with E-state index in [1.165, 1.54) is 0 Å². The molecule has 98 valence electrons. The van der Waals surface area contributed by atoms with Gasteiger partial charge in [0.15, 0.2) is 0 Å². The number of halogens is 3. The van der Waals surface area contributed by atoms with Crippen LogP contribution in [0.3, 0.4) is 0 Å². The zero-order valence-corrected chi connectivity index (χ0v) is 9.79. The molecule has 0 aliphatic carbocycles. The summed E-state index contributed by atoms with van der Waals surface area (Å²) in [4.78, 5) is 3.32. The van der Waals surface area contributed by atoms with E-state index in [-0.39, 0.29) is 18.2 Å². The second-order valence-corrected chi connectivity index (χ2v) is 4.44. The van der Waals surface area contributed by atoms with Crippen molar-refractivity contribution in [3.05, 3.63) is 11.7 Å². The van der Waals surface area contributed by atoms with Gasteiger partial charge in [0.05, 0.1) is 0 Å². The molecule has 17 heavy (non-hydrogen) atoms. The number of nitrogens with two attached hydrogens (primary N) is 1. The number of hydrogen-bond donors (Lipinski definition) is 1. The topological polar surface area (TPSA) is 64.9 Å². The first-order valence-electron chi connectivity index (χ1n) is 5.42. The van der Waals surface area contributed by atoms with Gasteiger partial charge in [-0.05, 0) is 24.8 Å². The van der Waals surface area contributed by atoms with Crippen LogP contribution in [0.15, 0.2) is 4.52 Å².